The Morgan fingerprint density at radius 1 is 0.963 bits per heavy atom. The van der Waals surface area contributed by atoms with Gasteiger partial charge in [-0.15, -0.1) is 0 Å². The zero-order chi connectivity index (χ0) is 20.6. The maximum Gasteiger partial charge on any atom is 0.320 e. The van der Waals surface area contributed by atoms with Crippen LogP contribution in [0.15, 0.2) is 42.5 Å². The van der Waals surface area contributed by atoms with E-state index in [0.717, 1.165) is 22.6 Å². The second-order valence-electron chi connectivity index (χ2n) is 6.15. The SMILES string of the molecule is CS(=O)(=O)CCC(N)C(=O)O.N[C@@H](Cc1cccc2ccccc12)C(=O)O. The van der Waals surface area contributed by atoms with Crippen LogP contribution in [-0.2, 0) is 25.8 Å². The van der Waals surface area contributed by atoms with Gasteiger partial charge in [0.25, 0.3) is 0 Å². The minimum Gasteiger partial charge on any atom is -0.480 e. The molecule has 148 valence electrons. The summed E-state index contributed by atoms with van der Waals surface area (Å²) in [4.78, 5) is 20.8. The van der Waals surface area contributed by atoms with Crippen LogP contribution in [-0.4, -0.2) is 54.7 Å². The molecule has 0 fully saturated rings. The summed E-state index contributed by atoms with van der Waals surface area (Å²) in [6.45, 7) is 0. The Kier molecular flexibility index (Phi) is 8.35. The summed E-state index contributed by atoms with van der Waals surface area (Å²) >= 11 is 0. The first kappa shape index (κ1) is 22.6. The molecule has 0 aromatic heterocycles. The van der Waals surface area contributed by atoms with E-state index in [-0.39, 0.29) is 12.2 Å². The Balaban J connectivity index is 0.000000293. The number of fused-ring (bicyclic) bond motifs is 1. The van der Waals surface area contributed by atoms with Crippen molar-refractivity contribution in [2.75, 3.05) is 12.0 Å². The van der Waals surface area contributed by atoms with Gasteiger partial charge < -0.3 is 21.7 Å². The van der Waals surface area contributed by atoms with E-state index >= 15 is 0 Å². The lowest BCUT2D eigenvalue weighted by atomic mass is 9.99. The van der Waals surface area contributed by atoms with Crippen molar-refractivity contribution < 1.29 is 28.2 Å². The third-order valence-electron chi connectivity index (χ3n) is 3.75. The standard InChI is InChI=1S/C13H13NO2.C5H11NO4S/c14-12(13(15)16)8-10-6-3-5-9-4-1-2-7-11(9)10;1-11(9,10)3-2-4(6)5(7)8/h1-7,12H,8,14H2,(H,15,16);4H,2-3,6H2,1H3,(H,7,8)/t12-;/m0./s1. The predicted octanol–water partition coefficient (Wildman–Crippen LogP) is 0.627. The van der Waals surface area contributed by atoms with Crippen LogP contribution in [0.4, 0.5) is 0 Å². The van der Waals surface area contributed by atoms with Crippen molar-refractivity contribution in [3.05, 3.63) is 48.0 Å². The zero-order valence-electron chi connectivity index (χ0n) is 14.9. The van der Waals surface area contributed by atoms with E-state index < -0.39 is 33.9 Å². The topological polar surface area (TPSA) is 161 Å². The number of benzene rings is 2. The minimum atomic E-state index is -3.10. The summed E-state index contributed by atoms with van der Waals surface area (Å²) < 4.78 is 21.0. The second-order valence-corrected chi connectivity index (χ2v) is 8.41. The number of carbonyl (C=O) groups is 2. The molecule has 2 rings (SSSR count). The molecular formula is C18H24N2O6S. The zero-order valence-corrected chi connectivity index (χ0v) is 15.7. The molecule has 0 saturated carbocycles. The summed E-state index contributed by atoms with van der Waals surface area (Å²) in [6, 6.07) is 11.8. The van der Waals surface area contributed by atoms with Gasteiger partial charge in [0, 0.05) is 6.26 Å². The Morgan fingerprint density at radius 3 is 2.07 bits per heavy atom. The van der Waals surface area contributed by atoms with Gasteiger partial charge in [-0.2, -0.15) is 0 Å². The smallest absolute Gasteiger partial charge is 0.320 e. The van der Waals surface area contributed by atoms with E-state index in [0.29, 0.717) is 6.42 Å². The van der Waals surface area contributed by atoms with Gasteiger partial charge in [0.05, 0.1) is 5.75 Å². The fraction of sp³-hybridized carbons (Fsp3) is 0.333. The van der Waals surface area contributed by atoms with Crippen molar-refractivity contribution in [1.29, 1.82) is 0 Å². The lowest BCUT2D eigenvalue weighted by Gasteiger charge is -2.09. The van der Waals surface area contributed by atoms with E-state index in [2.05, 4.69) is 0 Å². The van der Waals surface area contributed by atoms with Gasteiger partial charge in [0.2, 0.25) is 0 Å². The molecule has 2 aromatic carbocycles. The van der Waals surface area contributed by atoms with Crippen LogP contribution in [0.1, 0.15) is 12.0 Å². The van der Waals surface area contributed by atoms with Gasteiger partial charge in [-0.05, 0) is 29.2 Å². The van der Waals surface area contributed by atoms with E-state index in [1.807, 2.05) is 42.5 Å². The van der Waals surface area contributed by atoms with Crippen LogP contribution in [0.3, 0.4) is 0 Å². The van der Waals surface area contributed by atoms with Crippen molar-refractivity contribution >= 4 is 32.5 Å². The molecule has 0 aliphatic heterocycles. The van der Waals surface area contributed by atoms with Gasteiger partial charge in [-0.25, -0.2) is 8.42 Å². The van der Waals surface area contributed by atoms with Gasteiger partial charge in [-0.3, -0.25) is 9.59 Å². The van der Waals surface area contributed by atoms with Gasteiger partial charge >= 0.3 is 11.9 Å². The van der Waals surface area contributed by atoms with Crippen molar-refractivity contribution in [2.45, 2.75) is 24.9 Å². The molecule has 9 heteroatoms. The van der Waals surface area contributed by atoms with E-state index in [9.17, 15) is 18.0 Å². The highest BCUT2D eigenvalue weighted by Crippen LogP contribution is 2.19. The number of nitrogens with two attached hydrogens (primary N) is 2. The Bertz CT molecular complexity index is 892. The average Bonchev–Trinajstić information content (AvgIpc) is 2.59. The molecule has 0 bridgehead atoms. The fourth-order valence-corrected chi connectivity index (χ4v) is 2.94. The summed E-state index contributed by atoms with van der Waals surface area (Å²) in [5, 5.41) is 19.2. The minimum absolute atomic E-state index is 0.0336. The normalized spacial score (nSPS) is 13.3. The lowest BCUT2D eigenvalue weighted by molar-refractivity contribution is -0.139. The molecule has 2 atom stereocenters. The highest BCUT2D eigenvalue weighted by molar-refractivity contribution is 7.90. The van der Waals surface area contributed by atoms with E-state index in [4.69, 9.17) is 21.7 Å². The van der Waals surface area contributed by atoms with Gasteiger partial charge in [0.15, 0.2) is 0 Å². The third-order valence-corrected chi connectivity index (χ3v) is 4.73. The maximum absolute atomic E-state index is 10.7. The number of sulfone groups is 1. The molecular weight excluding hydrogens is 372 g/mol. The number of hydrogen-bond acceptors (Lipinski definition) is 6. The second kappa shape index (κ2) is 10.0. The molecule has 0 aliphatic carbocycles. The molecule has 0 radical (unpaired) electrons. The summed E-state index contributed by atoms with van der Waals surface area (Å²) in [5.74, 6) is -2.32. The molecule has 6 N–H and O–H groups in total. The van der Waals surface area contributed by atoms with Crippen LogP contribution in [0.2, 0.25) is 0 Å². The molecule has 27 heavy (non-hydrogen) atoms. The van der Waals surface area contributed by atoms with Crippen LogP contribution >= 0.6 is 0 Å². The molecule has 2 aromatic rings. The van der Waals surface area contributed by atoms with Gasteiger partial charge in [-0.1, -0.05) is 42.5 Å². The number of aliphatic carboxylic acids is 2. The van der Waals surface area contributed by atoms with E-state index in [1.165, 1.54) is 0 Å². The number of hydrogen-bond donors (Lipinski definition) is 4. The Hall–Kier alpha value is -2.49. The molecule has 0 aliphatic rings. The van der Waals surface area contributed by atoms with Crippen molar-refractivity contribution in [2.24, 2.45) is 11.5 Å². The van der Waals surface area contributed by atoms with Gasteiger partial charge in [0.1, 0.15) is 21.9 Å². The van der Waals surface area contributed by atoms with Crippen LogP contribution < -0.4 is 11.5 Å². The molecule has 0 saturated heterocycles. The van der Waals surface area contributed by atoms with Crippen molar-refractivity contribution in [1.82, 2.24) is 0 Å². The number of carboxylic acid groups (broad SMARTS) is 2. The fourth-order valence-electron chi connectivity index (χ4n) is 2.26. The molecule has 8 nitrogen and oxygen atoms in total. The highest BCUT2D eigenvalue weighted by atomic mass is 32.2. The molecule has 0 amide bonds. The predicted molar refractivity (Wildman–Crippen MR) is 103 cm³/mol. The quantitative estimate of drug-likeness (QED) is 0.530. The first-order chi connectivity index (χ1) is 12.5. The number of carboxylic acids is 2. The first-order valence-electron chi connectivity index (χ1n) is 8.12. The summed E-state index contributed by atoms with van der Waals surface area (Å²) in [6.07, 6.45) is 1.37. The van der Waals surface area contributed by atoms with Crippen molar-refractivity contribution in [3.8, 4) is 0 Å². The highest BCUT2D eigenvalue weighted by Gasteiger charge is 2.14. The lowest BCUT2D eigenvalue weighted by Crippen LogP contribution is -2.32. The van der Waals surface area contributed by atoms with Crippen LogP contribution in [0.25, 0.3) is 10.8 Å². The Morgan fingerprint density at radius 2 is 1.52 bits per heavy atom. The summed E-state index contributed by atoms with van der Waals surface area (Å²) in [5.41, 5.74) is 11.6. The molecule has 0 spiro atoms. The molecule has 1 unspecified atom stereocenters. The monoisotopic (exact) mass is 396 g/mol. The van der Waals surface area contributed by atoms with E-state index in [1.54, 1.807) is 0 Å². The molecule has 0 heterocycles. The average molecular weight is 396 g/mol. The van der Waals surface area contributed by atoms with Crippen molar-refractivity contribution in [3.63, 3.8) is 0 Å². The number of rotatable bonds is 7. The van der Waals surface area contributed by atoms with Crippen LogP contribution in [0.5, 0.6) is 0 Å². The first-order valence-corrected chi connectivity index (χ1v) is 10.2. The largest absolute Gasteiger partial charge is 0.480 e. The van der Waals surface area contributed by atoms with Crippen LogP contribution in [0, 0.1) is 0 Å². The Labute approximate surface area is 157 Å². The third kappa shape index (κ3) is 8.16. The summed E-state index contributed by atoms with van der Waals surface area (Å²) in [7, 11) is -3.10. The maximum atomic E-state index is 10.7.